The summed E-state index contributed by atoms with van der Waals surface area (Å²) >= 11 is 0. The monoisotopic (exact) mass is 322 g/mol. The van der Waals surface area contributed by atoms with Gasteiger partial charge in [0.05, 0.1) is 6.42 Å². The van der Waals surface area contributed by atoms with E-state index in [9.17, 15) is 14.4 Å². The van der Waals surface area contributed by atoms with E-state index in [-0.39, 0.29) is 6.42 Å². The van der Waals surface area contributed by atoms with Crippen LogP contribution in [-0.4, -0.2) is 18.1 Å². The van der Waals surface area contributed by atoms with E-state index in [1.165, 1.54) is 5.56 Å². The fourth-order valence-corrected chi connectivity index (χ4v) is 3.58. The van der Waals surface area contributed by atoms with Crippen molar-refractivity contribution in [3.63, 3.8) is 0 Å². The first kappa shape index (κ1) is 14.6. The van der Waals surface area contributed by atoms with Crippen molar-refractivity contribution in [2.75, 3.05) is 0 Å². The Hall–Kier alpha value is -2.95. The normalized spacial score (nSPS) is 22.3. The van der Waals surface area contributed by atoms with Crippen molar-refractivity contribution in [2.24, 2.45) is 0 Å². The molecule has 1 heterocycles. The zero-order valence-corrected chi connectivity index (χ0v) is 13.0. The van der Waals surface area contributed by atoms with Crippen molar-refractivity contribution in [1.29, 1.82) is 0 Å². The maximum absolute atomic E-state index is 12.5. The number of fused-ring (bicyclic) bond motifs is 3. The van der Waals surface area contributed by atoms with E-state index in [1.807, 2.05) is 42.5 Å². The highest BCUT2D eigenvalue weighted by molar-refractivity contribution is 6.00. The van der Waals surface area contributed by atoms with Gasteiger partial charge in [-0.1, -0.05) is 42.5 Å². The minimum atomic E-state index is -1.26. The highest BCUT2D eigenvalue weighted by Crippen LogP contribution is 2.43. The number of hydrogen-bond donors (Lipinski definition) is 0. The first-order valence-electron chi connectivity index (χ1n) is 7.66. The molecule has 5 heteroatoms. The van der Waals surface area contributed by atoms with Crippen LogP contribution in [-0.2, 0) is 30.9 Å². The molecule has 1 saturated heterocycles. The molecular formula is C19H14O5. The molecule has 2 aromatic carbocycles. The standard InChI is InChI=1S/C19H14O5/c1-19(10-16(20)23-18(22)24-17(19)21)15-8-4-7-13-12-6-3-2-5-11(12)9-14(13)15/h2-8H,9-10H2,1H3. The zero-order valence-electron chi connectivity index (χ0n) is 13.0. The average molecular weight is 322 g/mol. The number of benzene rings is 2. The molecule has 0 saturated carbocycles. The lowest BCUT2D eigenvalue weighted by Gasteiger charge is -2.26. The summed E-state index contributed by atoms with van der Waals surface area (Å²) in [7, 11) is 0. The molecule has 5 nitrogen and oxygen atoms in total. The second-order valence-corrected chi connectivity index (χ2v) is 6.29. The van der Waals surface area contributed by atoms with Crippen LogP contribution in [0.1, 0.15) is 30.0 Å². The highest BCUT2D eigenvalue weighted by Gasteiger charge is 2.46. The number of hydrogen-bond acceptors (Lipinski definition) is 5. The fourth-order valence-electron chi connectivity index (χ4n) is 3.58. The van der Waals surface area contributed by atoms with Gasteiger partial charge in [-0.2, -0.15) is 0 Å². The lowest BCUT2D eigenvalue weighted by atomic mass is 9.76. The van der Waals surface area contributed by atoms with Crippen LogP contribution < -0.4 is 0 Å². The van der Waals surface area contributed by atoms with E-state index in [1.54, 1.807) is 6.92 Å². The van der Waals surface area contributed by atoms with Crippen molar-refractivity contribution in [3.8, 4) is 11.1 Å². The first-order chi connectivity index (χ1) is 11.5. The Kier molecular flexibility index (Phi) is 3.06. The molecule has 2 aliphatic rings. The molecule has 0 spiro atoms. The van der Waals surface area contributed by atoms with Crippen molar-refractivity contribution >= 4 is 18.1 Å². The van der Waals surface area contributed by atoms with Gasteiger partial charge in [-0.3, -0.25) is 9.59 Å². The van der Waals surface area contributed by atoms with Gasteiger partial charge >= 0.3 is 18.1 Å². The molecule has 2 aromatic rings. The molecule has 1 unspecified atom stereocenters. The average Bonchev–Trinajstić information content (AvgIpc) is 2.88. The van der Waals surface area contributed by atoms with Gasteiger partial charge in [-0.05, 0) is 41.2 Å². The Bertz CT molecular complexity index is 898. The first-order valence-corrected chi connectivity index (χ1v) is 7.66. The minimum Gasteiger partial charge on any atom is -0.360 e. The largest absolute Gasteiger partial charge is 0.524 e. The minimum absolute atomic E-state index is 0.232. The Balaban J connectivity index is 1.88. The van der Waals surface area contributed by atoms with E-state index in [2.05, 4.69) is 9.47 Å². The van der Waals surface area contributed by atoms with Crippen LogP contribution in [0.2, 0.25) is 0 Å². The van der Waals surface area contributed by atoms with E-state index < -0.39 is 23.5 Å². The highest BCUT2D eigenvalue weighted by atomic mass is 16.8. The Morgan fingerprint density at radius 1 is 0.917 bits per heavy atom. The van der Waals surface area contributed by atoms with Crippen molar-refractivity contribution in [2.45, 2.75) is 25.2 Å². The number of esters is 2. The summed E-state index contributed by atoms with van der Waals surface area (Å²) in [4.78, 5) is 35.7. The van der Waals surface area contributed by atoms with Gasteiger partial charge < -0.3 is 9.47 Å². The van der Waals surface area contributed by atoms with Gasteiger partial charge in [0.15, 0.2) is 0 Å². The molecular weight excluding hydrogens is 308 g/mol. The smallest absolute Gasteiger partial charge is 0.360 e. The quantitative estimate of drug-likeness (QED) is 0.508. The maximum atomic E-state index is 12.5. The molecule has 0 N–H and O–H groups in total. The summed E-state index contributed by atoms with van der Waals surface area (Å²) in [6.45, 7) is 1.62. The topological polar surface area (TPSA) is 69.7 Å². The van der Waals surface area contributed by atoms with Gasteiger partial charge in [0, 0.05) is 0 Å². The van der Waals surface area contributed by atoms with Crippen LogP contribution in [0.15, 0.2) is 42.5 Å². The Labute approximate surface area is 138 Å². The Morgan fingerprint density at radius 3 is 2.50 bits per heavy atom. The third-order valence-corrected chi connectivity index (χ3v) is 4.77. The predicted octanol–water partition coefficient (Wildman–Crippen LogP) is 3.13. The predicted molar refractivity (Wildman–Crippen MR) is 84.2 cm³/mol. The van der Waals surface area contributed by atoms with Crippen LogP contribution >= 0.6 is 0 Å². The summed E-state index contributed by atoms with van der Waals surface area (Å²) in [6, 6.07) is 13.7. The molecule has 1 atom stereocenters. The second-order valence-electron chi connectivity index (χ2n) is 6.29. The van der Waals surface area contributed by atoms with Crippen molar-refractivity contribution < 1.29 is 23.9 Å². The van der Waals surface area contributed by atoms with Crippen LogP contribution in [0.5, 0.6) is 0 Å². The summed E-state index contributed by atoms with van der Waals surface area (Å²) in [5.74, 6) is -1.52. The molecule has 120 valence electrons. The summed E-state index contributed by atoms with van der Waals surface area (Å²) < 4.78 is 9.13. The lowest BCUT2D eigenvalue weighted by Crippen LogP contribution is -2.35. The van der Waals surface area contributed by atoms with Crippen molar-refractivity contribution in [1.82, 2.24) is 0 Å². The zero-order chi connectivity index (χ0) is 16.9. The van der Waals surface area contributed by atoms with Crippen LogP contribution in [0.25, 0.3) is 11.1 Å². The lowest BCUT2D eigenvalue weighted by molar-refractivity contribution is -0.143. The molecule has 0 aromatic heterocycles. The van der Waals surface area contributed by atoms with Crippen LogP contribution in [0, 0.1) is 0 Å². The van der Waals surface area contributed by atoms with Gasteiger partial charge in [0.25, 0.3) is 0 Å². The molecule has 1 fully saturated rings. The van der Waals surface area contributed by atoms with Crippen molar-refractivity contribution in [3.05, 3.63) is 59.2 Å². The number of carbonyl (C=O) groups excluding carboxylic acids is 3. The number of carbonyl (C=O) groups is 3. The second kappa shape index (κ2) is 5.03. The molecule has 24 heavy (non-hydrogen) atoms. The molecule has 1 aliphatic carbocycles. The SMILES string of the molecule is CC1(c2cccc3c2Cc2ccccc2-3)CC(=O)OC(=O)OC1=O. The summed E-state index contributed by atoms with van der Waals surface area (Å²) in [5.41, 5.74) is 3.77. The van der Waals surface area contributed by atoms with Gasteiger partial charge in [-0.25, -0.2) is 4.79 Å². The van der Waals surface area contributed by atoms with E-state index in [0.717, 1.165) is 16.7 Å². The fraction of sp³-hybridized carbons (Fsp3) is 0.211. The third-order valence-electron chi connectivity index (χ3n) is 4.77. The summed E-state index contributed by atoms with van der Waals surface area (Å²) in [5, 5.41) is 0. The van der Waals surface area contributed by atoms with Gasteiger partial charge in [0.2, 0.25) is 0 Å². The van der Waals surface area contributed by atoms with Crippen LogP contribution in [0.3, 0.4) is 0 Å². The van der Waals surface area contributed by atoms with E-state index in [0.29, 0.717) is 12.0 Å². The number of rotatable bonds is 1. The number of cyclic esters (lactones) is 4. The molecule has 0 amide bonds. The third kappa shape index (κ3) is 2.05. The Morgan fingerprint density at radius 2 is 1.67 bits per heavy atom. The van der Waals surface area contributed by atoms with Gasteiger partial charge in [-0.15, -0.1) is 0 Å². The molecule has 0 radical (unpaired) electrons. The molecule has 0 bridgehead atoms. The summed E-state index contributed by atoms with van der Waals surface area (Å²) in [6.07, 6.45) is -0.817. The van der Waals surface area contributed by atoms with Crippen LogP contribution in [0.4, 0.5) is 4.79 Å². The van der Waals surface area contributed by atoms with E-state index >= 15 is 0 Å². The maximum Gasteiger partial charge on any atom is 0.524 e. The van der Waals surface area contributed by atoms with Gasteiger partial charge in [0.1, 0.15) is 5.41 Å². The van der Waals surface area contributed by atoms with E-state index in [4.69, 9.17) is 0 Å². The molecule has 4 rings (SSSR count). The number of ether oxygens (including phenoxy) is 2. The molecule has 1 aliphatic heterocycles.